The van der Waals surface area contributed by atoms with Crippen molar-refractivity contribution in [3.8, 4) is 0 Å². The van der Waals surface area contributed by atoms with Gasteiger partial charge in [0, 0.05) is 12.6 Å². The number of nitrogens with zero attached hydrogens (tertiary/aromatic N) is 1. The Morgan fingerprint density at radius 2 is 2.21 bits per heavy atom. The normalized spacial score (nSPS) is 14.4. The second kappa shape index (κ2) is 6.71. The summed E-state index contributed by atoms with van der Waals surface area (Å²) in [5, 5.41) is 3.20. The van der Waals surface area contributed by atoms with Crippen LogP contribution < -0.4 is 5.32 Å². The minimum atomic E-state index is 0.234. The molecule has 0 aromatic heterocycles. The van der Waals surface area contributed by atoms with Crippen LogP contribution in [0.5, 0.6) is 0 Å². The fourth-order valence-corrected chi connectivity index (χ4v) is 2.29. The number of carbonyl (C=O) groups is 1. The lowest BCUT2D eigenvalue weighted by atomic mass is 10.1. The maximum absolute atomic E-state index is 12.3. The van der Waals surface area contributed by atoms with Gasteiger partial charge in [0.1, 0.15) is 0 Å². The molecule has 0 heterocycles. The molecule has 0 unspecified atom stereocenters. The molecule has 0 bridgehead atoms. The molecule has 1 aliphatic carbocycles. The molecule has 1 saturated carbocycles. The Bertz CT molecular complexity index is 427. The van der Waals surface area contributed by atoms with Crippen LogP contribution in [0, 0.1) is 6.92 Å². The topological polar surface area (TPSA) is 32.3 Å². The van der Waals surface area contributed by atoms with Gasteiger partial charge in [-0.15, -0.1) is 0 Å². The summed E-state index contributed by atoms with van der Waals surface area (Å²) in [5.41, 5.74) is 2.49. The first-order chi connectivity index (χ1) is 9.20. The van der Waals surface area contributed by atoms with Gasteiger partial charge in [0.2, 0.25) is 5.91 Å². The summed E-state index contributed by atoms with van der Waals surface area (Å²) in [4.78, 5) is 14.3. The zero-order chi connectivity index (χ0) is 13.7. The first-order valence-corrected chi connectivity index (χ1v) is 7.26. The van der Waals surface area contributed by atoms with Crippen molar-refractivity contribution in [2.75, 3.05) is 13.1 Å². The molecule has 1 aromatic carbocycles. The van der Waals surface area contributed by atoms with E-state index < -0.39 is 0 Å². The third-order valence-corrected chi connectivity index (χ3v) is 3.45. The Hall–Kier alpha value is -1.35. The van der Waals surface area contributed by atoms with Gasteiger partial charge in [0.25, 0.3) is 0 Å². The Morgan fingerprint density at radius 3 is 2.84 bits per heavy atom. The van der Waals surface area contributed by atoms with E-state index in [4.69, 9.17) is 0 Å². The molecule has 3 nitrogen and oxygen atoms in total. The zero-order valence-electron chi connectivity index (χ0n) is 12.0. The molecule has 2 rings (SSSR count). The molecule has 0 radical (unpaired) electrons. The molecule has 1 aliphatic rings. The Balaban J connectivity index is 1.94. The second-order valence-electron chi connectivity index (χ2n) is 5.42. The average molecular weight is 260 g/mol. The highest BCUT2D eigenvalue weighted by atomic mass is 16.2. The van der Waals surface area contributed by atoms with E-state index >= 15 is 0 Å². The fourth-order valence-electron chi connectivity index (χ4n) is 2.29. The number of hydrogen-bond donors (Lipinski definition) is 1. The molecule has 1 amide bonds. The van der Waals surface area contributed by atoms with Crippen LogP contribution in [0.4, 0.5) is 0 Å². The molecule has 1 aromatic rings. The number of benzene rings is 1. The highest BCUT2D eigenvalue weighted by Gasteiger charge is 2.32. The third-order valence-electron chi connectivity index (χ3n) is 3.45. The van der Waals surface area contributed by atoms with Crippen LogP contribution in [0.1, 0.15) is 37.3 Å². The molecule has 1 N–H and O–H groups in total. The number of carbonyl (C=O) groups excluding carboxylic acids is 1. The van der Waals surface area contributed by atoms with E-state index in [1.165, 1.54) is 11.1 Å². The van der Waals surface area contributed by atoms with Gasteiger partial charge in [-0.1, -0.05) is 36.8 Å². The summed E-state index contributed by atoms with van der Waals surface area (Å²) in [6.45, 7) is 6.34. The van der Waals surface area contributed by atoms with Crippen LogP contribution in [0.25, 0.3) is 0 Å². The molecule has 0 atom stereocenters. The lowest BCUT2D eigenvalue weighted by Gasteiger charge is -2.23. The summed E-state index contributed by atoms with van der Waals surface area (Å²) in [6, 6.07) is 8.90. The predicted molar refractivity (Wildman–Crippen MR) is 77.9 cm³/mol. The van der Waals surface area contributed by atoms with Gasteiger partial charge < -0.3 is 10.2 Å². The van der Waals surface area contributed by atoms with Crippen molar-refractivity contribution in [3.63, 3.8) is 0 Å². The largest absolute Gasteiger partial charge is 0.334 e. The van der Waals surface area contributed by atoms with Crippen molar-refractivity contribution in [2.45, 2.75) is 45.7 Å². The maximum Gasteiger partial charge on any atom is 0.237 e. The summed E-state index contributed by atoms with van der Waals surface area (Å²) in [6.07, 6.45) is 3.38. The van der Waals surface area contributed by atoms with E-state index in [-0.39, 0.29) is 5.91 Å². The van der Waals surface area contributed by atoms with Crippen LogP contribution in [-0.2, 0) is 11.3 Å². The zero-order valence-corrected chi connectivity index (χ0v) is 12.0. The molecule has 0 saturated heterocycles. The van der Waals surface area contributed by atoms with E-state index in [9.17, 15) is 4.79 Å². The molecule has 19 heavy (non-hydrogen) atoms. The molecule has 1 fully saturated rings. The molecular formula is C16H24N2O. The van der Waals surface area contributed by atoms with Gasteiger partial charge in [-0.3, -0.25) is 4.79 Å². The number of nitrogens with one attached hydrogen (secondary N) is 1. The minimum absolute atomic E-state index is 0.234. The highest BCUT2D eigenvalue weighted by molar-refractivity contribution is 5.79. The Labute approximate surface area is 116 Å². The van der Waals surface area contributed by atoms with Crippen molar-refractivity contribution in [1.29, 1.82) is 0 Å². The quantitative estimate of drug-likeness (QED) is 0.764. The van der Waals surface area contributed by atoms with Crippen molar-refractivity contribution < 1.29 is 4.79 Å². The number of rotatable bonds is 7. The van der Waals surface area contributed by atoms with Crippen LogP contribution >= 0.6 is 0 Å². The smallest absolute Gasteiger partial charge is 0.237 e. The molecule has 104 valence electrons. The summed E-state index contributed by atoms with van der Waals surface area (Å²) >= 11 is 0. The van der Waals surface area contributed by atoms with E-state index in [1.54, 1.807) is 0 Å². The lowest BCUT2D eigenvalue weighted by Crippen LogP contribution is -2.39. The van der Waals surface area contributed by atoms with Crippen LogP contribution in [0.2, 0.25) is 0 Å². The van der Waals surface area contributed by atoms with Crippen molar-refractivity contribution in [3.05, 3.63) is 35.4 Å². The van der Waals surface area contributed by atoms with E-state index in [1.807, 2.05) is 4.90 Å². The maximum atomic E-state index is 12.3. The van der Waals surface area contributed by atoms with E-state index in [2.05, 4.69) is 43.4 Å². The van der Waals surface area contributed by atoms with Gasteiger partial charge in [0.15, 0.2) is 0 Å². The number of hydrogen-bond acceptors (Lipinski definition) is 2. The third kappa shape index (κ3) is 4.35. The lowest BCUT2D eigenvalue weighted by molar-refractivity contribution is -0.131. The van der Waals surface area contributed by atoms with E-state index in [0.29, 0.717) is 12.6 Å². The monoisotopic (exact) mass is 260 g/mol. The average Bonchev–Trinajstić information content (AvgIpc) is 3.20. The van der Waals surface area contributed by atoms with Crippen LogP contribution in [0.3, 0.4) is 0 Å². The molecule has 0 spiro atoms. The molecule has 0 aliphatic heterocycles. The van der Waals surface area contributed by atoms with Crippen LogP contribution in [0.15, 0.2) is 24.3 Å². The molecule has 3 heteroatoms. The highest BCUT2D eigenvalue weighted by Crippen LogP contribution is 2.28. The standard InChI is InChI=1S/C16H24N2O/c1-3-9-17-11-16(19)18(15-7-8-15)12-14-6-4-5-13(2)10-14/h4-6,10,15,17H,3,7-9,11-12H2,1-2H3. The number of amides is 1. The van der Waals surface area contributed by atoms with Gasteiger partial charge in [-0.2, -0.15) is 0 Å². The van der Waals surface area contributed by atoms with Gasteiger partial charge in [-0.05, 0) is 38.3 Å². The van der Waals surface area contributed by atoms with Crippen LogP contribution in [-0.4, -0.2) is 29.9 Å². The fraction of sp³-hybridized carbons (Fsp3) is 0.562. The minimum Gasteiger partial charge on any atom is -0.334 e. The predicted octanol–water partition coefficient (Wildman–Crippen LogP) is 2.49. The van der Waals surface area contributed by atoms with Gasteiger partial charge in [-0.25, -0.2) is 0 Å². The van der Waals surface area contributed by atoms with Crippen molar-refractivity contribution in [1.82, 2.24) is 10.2 Å². The summed E-state index contributed by atoms with van der Waals surface area (Å²) in [5.74, 6) is 0.234. The number of aryl methyl sites for hydroxylation is 1. The first kappa shape index (κ1) is 14.1. The summed E-state index contributed by atoms with van der Waals surface area (Å²) in [7, 11) is 0. The van der Waals surface area contributed by atoms with E-state index in [0.717, 1.165) is 32.4 Å². The SMILES string of the molecule is CCCNCC(=O)N(Cc1cccc(C)c1)C1CC1. The first-order valence-electron chi connectivity index (χ1n) is 7.26. The van der Waals surface area contributed by atoms with Gasteiger partial charge >= 0.3 is 0 Å². The Morgan fingerprint density at radius 1 is 1.42 bits per heavy atom. The summed E-state index contributed by atoms with van der Waals surface area (Å²) < 4.78 is 0. The Kier molecular flexibility index (Phi) is 4.97. The van der Waals surface area contributed by atoms with Gasteiger partial charge in [0.05, 0.1) is 6.54 Å². The second-order valence-corrected chi connectivity index (χ2v) is 5.42. The van der Waals surface area contributed by atoms with Crippen molar-refractivity contribution in [2.24, 2.45) is 0 Å². The molecular weight excluding hydrogens is 236 g/mol. The van der Waals surface area contributed by atoms with Crippen molar-refractivity contribution >= 4 is 5.91 Å².